The molecule has 0 saturated heterocycles. The standard InChI is InChI=1S/C14H22N2O3S/c1-10(17)6-14(2,3)9-16-12(18)7-15-13(19)11-4-5-20-8-11/h4-5,8,10,17H,6-7,9H2,1-3H3,(H,15,19)(H,16,18). The molecule has 0 aliphatic rings. The van der Waals surface area contributed by atoms with Crippen molar-refractivity contribution in [3.63, 3.8) is 0 Å². The van der Waals surface area contributed by atoms with E-state index in [0.29, 0.717) is 18.5 Å². The zero-order valence-electron chi connectivity index (χ0n) is 12.1. The Morgan fingerprint density at radius 3 is 2.65 bits per heavy atom. The van der Waals surface area contributed by atoms with Gasteiger partial charge in [0, 0.05) is 17.5 Å². The van der Waals surface area contributed by atoms with Crippen LogP contribution in [0.4, 0.5) is 0 Å². The molecule has 20 heavy (non-hydrogen) atoms. The van der Waals surface area contributed by atoms with E-state index in [0.717, 1.165) is 0 Å². The van der Waals surface area contributed by atoms with Gasteiger partial charge in [-0.2, -0.15) is 11.3 Å². The topological polar surface area (TPSA) is 78.4 Å². The van der Waals surface area contributed by atoms with Crippen LogP contribution in [-0.4, -0.2) is 36.1 Å². The third kappa shape index (κ3) is 6.16. The summed E-state index contributed by atoms with van der Waals surface area (Å²) in [5, 5.41) is 18.2. The van der Waals surface area contributed by atoms with Gasteiger partial charge in [0.1, 0.15) is 0 Å². The molecule has 1 rings (SSSR count). The summed E-state index contributed by atoms with van der Waals surface area (Å²) in [5.74, 6) is -0.475. The third-order valence-electron chi connectivity index (χ3n) is 2.80. The summed E-state index contributed by atoms with van der Waals surface area (Å²) in [6.45, 7) is 6.10. The molecule has 5 nitrogen and oxygen atoms in total. The Hall–Kier alpha value is -1.40. The molecule has 1 aromatic rings. The van der Waals surface area contributed by atoms with Crippen molar-refractivity contribution in [2.75, 3.05) is 13.1 Å². The Balaban J connectivity index is 2.29. The van der Waals surface area contributed by atoms with Crippen LogP contribution in [0, 0.1) is 5.41 Å². The molecule has 3 N–H and O–H groups in total. The molecule has 1 aromatic heterocycles. The first-order valence-corrected chi connectivity index (χ1v) is 7.49. The van der Waals surface area contributed by atoms with Gasteiger partial charge in [0.2, 0.25) is 5.91 Å². The van der Waals surface area contributed by atoms with Gasteiger partial charge >= 0.3 is 0 Å². The zero-order chi connectivity index (χ0) is 15.2. The molecule has 0 bridgehead atoms. The van der Waals surface area contributed by atoms with Gasteiger partial charge in [0.25, 0.3) is 5.91 Å². The van der Waals surface area contributed by atoms with Crippen LogP contribution >= 0.6 is 11.3 Å². The molecule has 0 aliphatic carbocycles. The van der Waals surface area contributed by atoms with Crippen LogP contribution in [0.5, 0.6) is 0 Å². The number of carbonyl (C=O) groups excluding carboxylic acids is 2. The van der Waals surface area contributed by atoms with Crippen molar-refractivity contribution in [1.29, 1.82) is 0 Å². The van der Waals surface area contributed by atoms with Crippen molar-refractivity contribution in [3.8, 4) is 0 Å². The Labute approximate surface area is 123 Å². The Bertz CT molecular complexity index is 441. The average molecular weight is 298 g/mol. The summed E-state index contributed by atoms with van der Waals surface area (Å²) in [6.07, 6.45) is 0.203. The summed E-state index contributed by atoms with van der Waals surface area (Å²) >= 11 is 1.44. The second kappa shape index (κ2) is 7.40. The zero-order valence-corrected chi connectivity index (χ0v) is 12.9. The lowest BCUT2D eigenvalue weighted by atomic mass is 9.87. The normalized spacial score (nSPS) is 12.8. The van der Waals surface area contributed by atoms with E-state index in [1.807, 2.05) is 19.2 Å². The minimum Gasteiger partial charge on any atom is -0.393 e. The molecule has 1 heterocycles. The van der Waals surface area contributed by atoms with E-state index < -0.39 is 6.10 Å². The Kier molecular flexibility index (Phi) is 6.16. The molecule has 0 radical (unpaired) electrons. The number of aliphatic hydroxyl groups excluding tert-OH is 1. The molecule has 1 atom stereocenters. The largest absolute Gasteiger partial charge is 0.393 e. The van der Waals surface area contributed by atoms with Crippen LogP contribution in [0.2, 0.25) is 0 Å². The van der Waals surface area contributed by atoms with Crippen LogP contribution in [-0.2, 0) is 4.79 Å². The van der Waals surface area contributed by atoms with Crippen LogP contribution in [0.15, 0.2) is 16.8 Å². The number of rotatable bonds is 7. The highest BCUT2D eigenvalue weighted by Gasteiger charge is 2.21. The van der Waals surface area contributed by atoms with E-state index in [-0.39, 0.29) is 23.8 Å². The van der Waals surface area contributed by atoms with E-state index in [1.165, 1.54) is 11.3 Å². The summed E-state index contributed by atoms with van der Waals surface area (Å²) in [4.78, 5) is 23.3. The van der Waals surface area contributed by atoms with Gasteiger partial charge in [-0.05, 0) is 30.2 Å². The van der Waals surface area contributed by atoms with Crippen LogP contribution in [0.1, 0.15) is 37.6 Å². The number of thiophene rings is 1. The fourth-order valence-corrected chi connectivity index (χ4v) is 2.56. The molecular formula is C14H22N2O3S. The average Bonchev–Trinajstić information content (AvgIpc) is 2.85. The first-order valence-electron chi connectivity index (χ1n) is 6.55. The van der Waals surface area contributed by atoms with E-state index in [2.05, 4.69) is 10.6 Å². The van der Waals surface area contributed by atoms with Crippen LogP contribution in [0.25, 0.3) is 0 Å². The van der Waals surface area contributed by atoms with Crippen LogP contribution in [0.3, 0.4) is 0 Å². The van der Waals surface area contributed by atoms with Gasteiger partial charge in [-0.25, -0.2) is 0 Å². The first-order chi connectivity index (χ1) is 9.30. The number of nitrogens with one attached hydrogen (secondary N) is 2. The van der Waals surface area contributed by atoms with Gasteiger partial charge in [-0.15, -0.1) is 0 Å². The summed E-state index contributed by atoms with van der Waals surface area (Å²) in [6, 6.07) is 1.71. The lowest BCUT2D eigenvalue weighted by Crippen LogP contribution is -2.41. The van der Waals surface area contributed by atoms with Crippen molar-refractivity contribution >= 4 is 23.2 Å². The lowest BCUT2D eigenvalue weighted by Gasteiger charge is -2.26. The smallest absolute Gasteiger partial charge is 0.252 e. The molecule has 0 saturated carbocycles. The number of aliphatic hydroxyl groups is 1. The number of amides is 2. The number of hydrogen-bond acceptors (Lipinski definition) is 4. The van der Waals surface area contributed by atoms with Crippen molar-refractivity contribution in [2.24, 2.45) is 5.41 Å². The number of hydrogen-bond donors (Lipinski definition) is 3. The minimum atomic E-state index is -0.403. The molecule has 0 aromatic carbocycles. The predicted molar refractivity (Wildman–Crippen MR) is 79.7 cm³/mol. The maximum absolute atomic E-state index is 11.7. The monoisotopic (exact) mass is 298 g/mol. The first kappa shape index (κ1) is 16.7. The lowest BCUT2D eigenvalue weighted by molar-refractivity contribution is -0.120. The van der Waals surface area contributed by atoms with E-state index >= 15 is 0 Å². The van der Waals surface area contributed by atoms with Crippen molar-refractivity contribution < 1.29 is 14.7 Å². The fourth-order valence-electron chi connectivity index (χ4n) is 1.93. The van der Waals surface area contributed by atoms with E-state index in [9.17, 15) is 14.7 Å². The van der Waals surface area contributed by atoms with Crippen molar-refractivity contribution in [3.05, 3.63) is 22.4 Å². The molecule has 1 unspecified atom stereocenters. The van der Waals surface area contributed by atoms with Crippen molar-refractivity contribution in [1.82, 2.24) is 10.6 Å². The van der Waals surface area contributed by atoms with Gasteiger partial charge in [-0.3, -0.25) is 9.59 Å². The fraction of sp³-hybridized carbons (Fsp3) is 0.571. The number of carbonyl (C=O) groups is 2. The minimum absolute atomic E-state index is 0.0422. The Morgan fingerprint density at radius 2 is 2.10 bits per heavy atom. The summed E-state index contributed by atoms with van der Waals surface area (Å²) in [5.41, 5.74) is 0.388. The highest BCUT2D eigenvalue weighted by atomic mass is 32.1. The van der Waals surface area contributed by atoms with Gasteiger partial charge in [-0.1, -0.05) is 13.8 Å². The third-order valence-corrected chi connectivity index (χ3v) is 3.49. The molecule has 2 amide bonds. The molecule has 112 valence electrons. The molecular weight excluding hydrogens is 276 g/mol. The summed E-state index contributed by atoms with van der Waals surface area (Å²) < 4.78 is 0. The van der Waals surface area contributed by atoms with Gasteiger partial charge < -0.3 is 15.7 Å². The maximum Gasteiger partial charge on any atom is 0.252 e. The molecule has 0 spiro atoms. The van der Waals surface area contributed by atoms with Crippen LogP contribution < -0.4 is 10.6 Å². The predicted octanol–water partition coefficient (Wildman–Crippen LogP) is 1.39. The highest BCUT2D eigenvalue weighted by molar-refractivity contribution is 7.08. The maximum atomic E-state index is 11.7. The quantitative estimate of drug-likeness (QED) is 0.712. The van der Waals surface area contributed by atoms with E-state index in [4.69, 9.17) is 0 Å². The van der Waals surface area contributed by atoms with Gasteiger partial charge in [0.15, 0.2) is 0 Å². The molecule has 0 fully saturated rings. The van der Waals surface area contributed by atoms with E-state index in [1.54, 1.807) is 18.4 Å². The summed E-state index contributed by atoms with van der Waals surface area (Å²) in [7, 11) is 0. The SMILES string of the molecule is CC(O)CC(C)(C)CNC(=O)CNC(=O)c1ccsc1. The second-order valence-electron chi connectivity index (χ2n) is 5.69. The molecule has 0 aliphatic heterocycles. The van der Waals surface area contributed by atoms with Crippen molar-refractivity contribution in [2.45, 2.75) is 33.3 Å². The Morgan fingerprint density at radius 1 is 1.40 bits per heavy atom. The highest BCUT2D eigenvalue weighted by Crippen LogP contribution is 2.20. The van der Waals surface area contributed by atoms with Gasteiger partial charge in [0.05, 0.1) is 12.6 Å². The molecule has 6 heteroatoms. The second-order valence-corrected chi connectivity index (χ2v) is 6.47.